The minimum absolute atomic E-state index is 0.344. The van der Waals surface area contributed by atoms with Gasteiger partial charge in [0, 0.05) is 26.2 Å². The van der Waals surface area contributed by atoms with Gasteiger partial charge in [-0.3, -0.25) is 4.90 Å². The average molecular weight is 322 g/mol. The van der Waals surface area contributed by atoms with Crippen LogP contribution in [0.4, 0.5) is 10.3 Å². The predicted molar refractivity (Wildman–Crippen MR) is 88.0 cm³/mol. The molecule has 5 nitrogen and oxygen atoms in total. The summed E-state index contributed by atoms with van der Waals surface area (Å²) < 4.78 is 18.7. The van der Waals surface area contributed by atoms with Crippen LogP contribution in [-0.4, -0.2) is 59.8 Å². The number of ether oxygens (including phenoxy) is 1. The Morgan fingerprint density at radius 3 is 2.35 bits per heavy atom. The van der Waals surface area contributed by atoms with Crippen LogP contribution in [0.1, 0.15) is 33.1 Å². The van der Waals surface area contributed by atoms with Crippen molar-refractivity contribution in [3.8, 4) is 0 Å². The highest BCUT2D eigenvalue weighted by atomic mass is 19.1. The molecule has 1 aromatic rings. The molecule has 0 bridgehead atoms. The van der Waals surface area contributed by atoms with Gasteiger partial charge in [-0.2, -0.15) is 0 Å². The van der Waals surface area contributed by atoms with Gasteiger partial charge in [0.2, 0.25) is 5.95 Å². The van der Waals surface area contributed by atoms with Gasteiger partial charge in [0.25, 0.3) is 0 Å². The highest BCUT2D eigenvalue weighted by molar-refractivity contribution is 5.29. The Labute approximate surface area is 137 Å². The van der Waals surface area contributed by atoms with Gasteiger partial charge in [-0.15, -0.1) is 0 Å². The third kappa shape index (κ3) is 4.61. The summed E-state index contributed by atoms with van der Waals surface area (Å²) in [4.78, 5) is 12.9. The Hall–Kier alpha value is -1.27. The maximum absolute atomic E-state index is 12.9. The van der Waals surface area contributed by atoms with Crippen molar-refractivity contribution in [3.63, 3.8) is 0 Å². The zero-order chi connectivity index (χ0) is 16.2. The van der Waals surface area contributed by atoms with Gasteiger partial charge in [0.15, 0.2) is 5.82 Å². The second kappa shape index (κ2) is 7.53. The fourth-order valence-corrected chi connectivity index (χ4v) is 3.72. The molecule has 2 saturated heterocycles. The van der Waals surface area contributed by atoms with Crippen LogP contribution in [0.5, 0.6) is 0 Å². The van der Waals surface area contributed by atoms with Crippen LogP contribution in [0, 0.1) is 11.7 Å². The van der Waals surface area contributed by atoms with Crippen molar-refractivity contribution in [2.75, 3.05) is 37.6 Å². The Balaban J connectivity index is 1.41. The van der Waals surface area contributed by atoms with Crippen molar-refractivity contribution in [2.24, 2.45) is 5.92 Å². The molecule has 6 heteroatoms. The predicted octanol–water partition coefficient (Wildman–Crippen LogP) is 2.33. The number of rotatable bonds is 4. The molecule has 0 N–H and O–H groups in total. The lowest BCUT2D eigenvalue weighted by molar-refractivity contribution is -0.0690. The lowest BCUT2D eigenvalue weighted by atomic mass is 9.93. The quantitative estimate of drug-likeness (QED) is 0.851. The summed E-state index contributed by atoms with van der Waals surface area (Å²) in [5.41, 5.74) is 0. The summed E-state index contributed by atoms with van der Waals surface area (Å²) in [6, 6.07) is 0. The third-order valence-corrected chi connectivity index (χ3v) is 4.85. The number of morpholine rings is 1. The molecule has 1 aromatic heterocycles. The largest absolute Gasteiger partial charge is 0.373 e. The van der Waals surface area contributed by atoms with E-state index in [1.807, 2.05) is 0 Å². The van der Waals surface area contributed by atoms with Crippen LogP contribution in [0.2, 0.25) is 0 Å². The second-order valence-corrected chi connectivity index (χ2v) is 6.94. The minimum Gasteiger partial charge on any atom is -0.373 e. The van der Waals surface area contributed by atoms with Crippen molar-refractivity contribution in [1.29, 1.82) is 0 Å². The highest BCUT2D eigenvalue weighted by Gasteiger charge is 2.25. The molecule has 0 aliphatic carbocycles. The van der Waals surface area contributed by atoms with E-state index in [0.717, 1.165) is 51.5 Å². The first-order valence-corrected chi connectivity index (χ1v) is 8.70. The molecule has 2 atom stereocenters. The van der Waals surface area contributed by atoms with E-state index in [-0.39, 0.29) is 5.82 Å². The van der Waals surface area contributed by atoms with E-state index in [9.17, 15) is 4.39 Å². The lowest BCUT2D eigenvalue weighted by Crippen LogP contribution is -2.46. The van der Waals surface area contributed by atoms with Crippen molar-refractivity contribution in [3.05, 3.63) is 18.2 Å². The van der Waals surface area contributed by atoms with Crippen LogP contribution in [0.3, 0.4) is 0 Å². The molecule has 2 aliphatic heterocycles. The Bertz CT molecular complexity index is 480. The molecule has 2 unspecified atom stereocenters. The number of anilines is 1. The Morgan fingerprint density at radius 2 is 1.74 bits per heavy atom. The first kappa shape index (κ1) is 16.6. The number of piperidine rings is 1. The van der Waals surface area contributed by atoms with Gasteiger partial charge in [0.05, 0.1) is 24.6 Å². The zero-order valence-corrected chi connectivity index (χ0v) is 14.1. The Kier molecular flexibility index (Phi) is 5.43. The fraction of sp³-hybridized carbons (Fsp3) is 0.765. The maximum Gasteiger partial charge on any atom is 0.225 e. The van der Waals surface area contributed by atoms with Crippen molar-refractivity contribution in [1.82, 2.24) is 14.9 Å². The van der Waals surface area contributed by atoms with Crippen LogP contribution >= 0.6 is 0 Å². The molecule has 0 aromatic carbocycles. The van der Waals surface area contributed by atoms with Gasteiger partial charge in [-0.1, -0.05) is 0 Å². The van der Waals surface area contributed by atoms with Crippen LogP contribution < -0.4 is 4.90 Å². The number of aromatic nitrogens is 2. The monoisotopic (exact) mass is 322 g/mol. The van der Waals surface area contributed by atoms with E-state index in [0.29, 0.717) is 18.2 Å². The molecule has 2 aliphatic rings. The van der Waals surface area contributed by atoms with Crippen LogP contribution in [0.25, 0.3) is 0 Å². The summed E-state index contributed by atoms with van der Waals surface area (Å²) in [6.07, 6.45) is 6.75. The number of halogens is 1. The molecule has 0 amide bonds. The van der Waals surface area contributed by atoms with Crippen molar-refractivity contribution >= 4 is 5.95 Å². The molecular weight excluding hydrogens is 295 g/mol. The van der Waals surface area contributed by atoms with Crippen LogP contribution in [-0.2, 0) is 4.74 Å². The summed E-state index contributed by atoms with van der Waals surface area (Å²) >= 11 is 0. The van der Waals surface area contributed by atoms with E-state index in [2.05, 4.69) is 33.6 Å². The van der Waals surface area contributed by atoms with Crippen LogP contribution in [0.15, 0.2) is 12.4 Å². The standard InChI is InChI=1S/C17H27FN4O/c1-13-11-21(12-14(2)23-13)6-3-15-4-7-22(8-5-15)17-19-9-16(18)10-20-17/h9-10,13-15H,3-8,11-12H2,1-2H3. The van der Waals surface area contributed by atoms with Gasteiger partial charge < -0.3 is 9.64 Å². The first-order valence-electron chi connectivity index (χ1n) is 8.70. The molecule has 0 saturated carbocycles. The summed E-state index contributed by atoms with van der Waals surface area (Å²) in [5.74, 6) is 1.04. The number of hydrogen-bond acceptors (Lipinski definition) is 5. The van der Waals surface area contributed by atoms with Gasteiger partial charge in [0.1, 0.15) is 0 Å². The SMILES string of the molecule is CC1CN(CCC2CCN(c3ncc(F)cn3)CC2)CC(C)O1. The molecule has 3 rings (SSSR count). The van der Waals surface area contributed by atoms with E-state index in [1.165, 1.54) is 18.8 Å². The molecule has 2 fully saturated rings. The summed E-state index contributed by atoms with van der Waals surface area (Å²) in [5, 5.41) is 0. The normalized spacial score (nSPS) is 27.3. The van der Waals surface area contributed by atoms with Crippen molar-refractivity contribution in [2.45, 2.75) is 45.3 Å². The molecule has 0 radical (unpaired) electrons. The maximum atomic E-state index is 12.9. The molecule has 0 spiro atoms. The third-order valence-electron chi connectivity index (χ3n) is 4.85. The van der Waals surface area contributed by atoms with Gasteiger partial charge in [-0.25, -0.2) is 14.4 Å². The molecule has 3 heterocycles. The smallest absolute Gasteiger partial charge is 0.225 e. The van der Waals surface area contributed by atoms with E-state index in [1.54, 1.807) is 0 Å². The topological polar surface area (TPSA) is 41.5 Å². The van der Waals surface area contributed by atoms with Gasteiger partial charge in [-0.05, 0) is 45.6 Å². The lowest BCUT2D eigenvalue weighted by Gasteiger charge is -2.37. The molecule has 128 valence electrons. The highest BCUT2D eigenvalue weighted by Crippen LogP contribution is 2.24. The van der Waals surface area contributed by atoms with E-state index in [4.69, 9.17) is 4.74 Å². The second-order valence-electron chi connectivity index (χ2n) is 6.94. The molecular formula is C17H27FN4O. The Morgan fingerprint density at radius 1 is 1.13 bits per heavy atom. The fourth-order valence-electron chi connectivity index (χ4n) is 3.72. The molecule has 23 heavy (non-hydrogen) atoms. The first-order chi connectivity index (χ1) is 11.1. The summed E-state index contributed by atoms with van der Waals surface area (Å²) in [6.45, 7) is 9.50. The minimum atomic E-state index is -0.377. The summed E-state index contributed by atoms with van der Waals surface area (Å²) in [7, 11) is 0. The number of nitrogens with zero attached hydrogens (tertiary/aromatic N) is 4. The number of hydrogen-bond donors (Lipinski definition) is 0. The van der Waals surface area contributed by atoms with E-state index < -0.39 is 0 Å². The average Bonchev–Trinajstić information content (AvgIpc) is 2.53. The van der Waals surface area contributed by atoms with Gasteiger partial charge >= 0.3 is 0 Å². The van der Waals surface area contributed by atoms with E-state index >= 15 is 0 Å². The zero-order valence-electron chi connectivity index (χ0n) is 14.1. The van der Waals surface area contributed by atoms with Crippen molar-refractivity contribution < 1.29 is 9.13 Å².